The smallest absolute Gasteiger partial charge is 0.253 e. The largest absolute Gasteiger partial charge is 0.345 e. The van der Waals surface area contributed by atoms with Gasteiger partial charge in [-0.2, -0.15) is 0 Å². The van der Waals surface area contributed by atoms with Crippen LogP contribution in [-0.2, 0) is 13.6 Å². The van der Waals surface area contributed by atoms with Crippen molar-refractivity contribution < 1.29 is 4.79 Å². The second kappa shape index (κ2) is 5.28. The predicted octanol–water partition coefficient (Wildman–Crippen LogP) is 0.0307. The molecule has 2 rings (SSSR count). The number of para-hydroxylation sites is 1. The van der Waals surface area contributed by atoms with E-state index in [4.69, 9.17) is 5.84 Å². The summed E-state index contributed by atoms with van der Waals surface area (Å²) in [6, 6.07) is 7.01. The van der Waals surface area contributed by atoms with Gasteiger partial charge in [0.1, 0.15) is 6.33 Å². The van der Waals surface area contributed by atoms with Gasteiger partial charge in [0.2, 0.25) is 0 Å². The monoisotopic (exact) mass is 246 g/mol. The van der Waals surface area contributed by atoms with Crippen LogP contribution >= 0.6 is 0 Å². The molecule has 7 nitrogen and oxygen atoms in total. The number of nitrogens with one attached hydrogen (secondary N) is 2. The van der Waals surface area contributed by atoms with Gasteiger partial charge in [-0.1, -0.05) is 12.1 Å². The van der Waals surface area contributed by atoms with Crippen LogP contribution in [0.2, 0.25) is 0 Å². The van der Waals surface area contributed by atoms with Gasteiger partial charge in [0.15, 0.2) is 5.82 Å². The second-order valence-electron chi connectivity index (χ2n) is 3.73. The van der Waals surface area contributed by atoms with Crippen molar-refractivity contribution in [2.24, 2.45) is 12.9 Å². The summed E-state index contributed by atoms with van der Waals surface area (Å²) in [4.78, 5) is 12.0. The molecule has 0 bridgehead atoms. The van der Waals surface area contributed by atoms with Gasteiger partial charge in [0.25, 0.3) is 5.91 Å². The molecule has 2 aromatic rings. The molecule has 0 fully saturated rings. The van der Waals surface area contributed by atoms with E-state index in [0.717, 1.165) is 0 Å². The van der Waals surface area contributed by atoms with Crippen molar-refractivity contribution in [3.8, 4) is 0 Å². The van der Waals surface area contributed by atoms with Crippen LogP contribution in [-0.4, -0.2) is 20.7 Å². The number of amides is 1. The Morgan fingerprint density at radius 3 is 2.89 bits per heavy atom. The van der Waals surface area contributed by atoms with E-state index in [-0.39, 0.29) is 5.91 Å². The maximum atomic E-state index is 12.0. The number of nitrogens with two attached hydrogens (primary N) is 1. The highest BCUT2D eigenvalue weighted by atomic mass is 16.1. The minimum Gasteiger partial charge on any atom is -0.345 e. The number of nitrogens with zero attached hydrogens (tertiary/aromatic N) is 3. The zero-order valence-electron chi connectivity index (χ0n) is 9.92. The first-order chi connectivity index (χ1) is 8.72. The highest BCUT2D eigenvalue weighted by molar-refractivity contribution is 5.99. The lowest BCUT2D eigenvalue weighted by Crippen LogP contribution is -2.26. The number of anilines is 1. The van der Waals surface area contributed by atoms with Gasteiger partial charge in [-0.25, -0.2) is 0 Å². The molecule has 0 spiro atoms. The number of carbonyl (C=O) groups excluding carboxylic acids is 1. The summed E-state index contributed by atoms with van der Waals surface area (Å²) in [5.74, 6) is 5.81. The molecule has 0 aliphatic heterocycles. The molecule has 0 aliphatic rings. The molecule has 18 heavy (non-hydrogen) atoms. The van der Waals surface area contributed by atoms with E-state index in [9.17, 15) is 4.79 Å². The zero-order chi connectivity index (χ0) is 13.0. The lowest BCUT2D eigenvalue weighted by Gasteiger charge is -2.08. The van der Waals surface area contributed by atoms with Crippen LogP contribution in [0, 0.1) is 0 Å². The number of benzene rings is 1. The molecule has 0 radical (unpaired) electrons. The zero-order valence-corrected chi connectivity index (χ0v) is 9.92. The van der Waals surface area contributed by atoms with Crippen molar-refractivity contribution in [2.75, 3.05) is 5.43 Å². The molecule has 0 saturated carbocycles. The third-order valence-corrected chi connectivity index (χ3v) is 2.54. The lowest BCUT2D eigenvalue weighted by molar-refractivity contribution is 0.0950. The average molecular weight is 246 g/mol. The third kappa shape index (κ3) is 2.46. The van der Waals surface area contributed by atoms with Crippen LogP contribution in [0.15, 0.2) is 30.6 Å². The summed E-state index contributed by atoms with van der Waals surface area (Å²) in [6.45, 7) is 0.314. The van der Waals surface area contributed by atoms with Crippen LogP contribution in [0.5, 0.6) is 0 Å². The van der Waals surface area contributed by atoms with Gasteiger partial charge in [0.05, 0.1) is 17.8 Å². The molecule has 4 N–H and O–H groups in total. The SMILES string of the molecule is Cn1cnnc1CNC(=O)c1ccccc1NN. The average Bonchev–Trinajstić information content (AvgIpc) is 2.81. The standard InChI is InChI=1S/C11H14N6O/c1-17-7-14-16-10(17)6-13-11(18)8-4-2-3-5-9(8)15-12/h2-5,7,15H,6,12H2,1H3,(H,13,18). The first-order valence-corrected chi connectivity index (χ1v) is 5.39. The minimum atomic E-state index is -0.216. The van der Waals surface area contributed by atoms with Crippen LogP contribution in [0.3, 0.4) is 0 Å². The summed E-state index contributed by atoms with van der Waals surface area (Å²) in [5.41, 5.74) is 3.55. The number of hydrazine groups is 1. The Hall–Kier alpha value is -2.41. The quantitative estimate of drug-likeness (QED) is 0.522. The molecule has 1 aromatic heterocycles. The Kier molecular flexibility index (Phi) is 3.54. The summed E-state index contributed by atoms with van der Waals surface area (Å²) in [7, 11) is 1.82. The normalized spacial score (nSPS) is 10.1. The molecular formula is C11H14N6O. The summed E-state index contributed by atoms with van der Waals surface area (Å²) in [6.07, 6.45) is 1.58. The Morgan fingerprint density at radius 1 is 1.44 bits per heavy atom. The maximum Gasteiger partial charge on any atom is 0.253 e. The van der Waals surface area contributed by atoms with Gasteiger partial charge in [-0.3, -0.25) is 10.6 Å². The summed E-state index contributed by atoms with van der Waals surface area (Å²) < 4.78 is 1.74. The van der Waals surface area contributed by atoms with Crippen LogP contribution in [0.25, 0.3) is 0 Å². The number of carbonyl (C=O) groups is 1. The van der Waals surface area contributed by atoms with Crippen LogP contribution in [0.4, 0.5) is 5.69 Å². The molecule has 1 amide bonds. The molecule has 1 aromatic carbocycles. The number of hydrogen-bond donors (Lipinski definition) is 3. The number of aryl methyl sites for hydroxylation is 1. The number of aromatic nitrogens is 3. The van der Waals surface area contributed by atoms with Crippen molar-refractivity contribution in [3.05, 3.63) is 42.0 Å². The van der Waals surface area contributed by atoms with Crippen molar-refractivity contribution in [1.82, 2.24) is 20.1 Å². The Labute approximate surface area is 104 Å². The number of rotatable bonds is 4. The van der Waals surface area contributed by atoms with E-state index in [1.54, 1.807) is 35.2 Å². The molecule has 7 heteroatoms. The highest BCUT2D eigenvalue weighted by Gasteiger charge is 2.10. The van der Waals surface area contributed by atoms with Crippen LogP contribution < -0.4 is 16.6 Å². The van der Waals surface area contributed by atoms with Crippen molar-refractivity contribution in [2.45, 2.75) is 6.54 Å². The van der Waals surface area contributed by atoms with Gasteiger partial charge < -0.3 is 15.3 Å². The molecule has 0 atom stereocenters. The Balaban J connectivity index is 2.06. The lowest BCUT2D eigenvalue weighted by atomic mass is 10.1. The van der Waals surface area contributed by atoms with Crippen LogP contribution in [0.1, 0.15) is 16.2 Å². The minimum absolute atomic E-state index is 0.216. The van der Waals surface area contributed by atoms with Gasteiger partial charge in [-0.15, -0.1) is 10.2 Å². The number of nitrogen functional groups attached to an aromatic ring is 1. The molecule has 1 heterocycles. The fourth-order valence-corrected chi connectivity index (χ4v) is 1.53. The molecule has 0 saturated heterocycles. The maximum absolute atomic E-state index is 12.0. The van der Waals surface area contributed by atoms with E-state index in [1.807, 2.05) is 7.05 Å². The van der Waals surface area contributed by atoms with E-state index in [1.165, 1.54) is 0 Å². The van der Waals surface area contributed by atoms with Gasteiger partial charge >= 0.3 is 0 Å². The van der Waals surface area contributed by atoms with E-state index < -0.39 is 0 Å². The highest BCUT2D eigenvalue weighted by Crippen LogP contribution is 2.13. The third-order valence-electron chi connectivity index (χ3n) is 2.54. The first-order valence-electron chi connectivity index (χ1n) is 5.39. The molecule has 0 unspecified atom stereocenters. The van der Waals surface area contributed by atoms with E-state index in [2.05, 4.69) is 20.9 Å². The second-order valence-corrected chi connectivity index (χ2v) is 3.73. The fraction of sp³-hybridized carbons (Fsp3) is 0.182. The number of hydrogen-bond acceptors (Lipinski definition) is 5. The topological polar surface area (TPSA) is 97.9 Å². The van der Waals surface area contributed by atoms with Gasteiger partial charge in [-0.05, 0) is 12.1 Å². The summed E-state index contributed by atoms with van der Waals surface area (Å²) >= 11 is 0. The van der Waals surface area contributed by atoms with Crippen molar-refractivity contribution >= 4 is 11.6 Å². The van der Waals surface area contributed by atoms with Crippen molar-refractivity contribution in [1.29, 1.82) is 0 Å². The summed E-state index contributed by atoms with van der Waals surface area (Å²) in [5, 5.41) is 10.4. The fourth-order valence-electron chi connectivity index (χ4n) is 1.53. The Bertz CT molecular complexity index is 550. The Morgan fingerprint density at radius 2 is 2.22 bits per heavy atom. The molecular weight excluding hydrogens is 232 g/mol. The van der Waals surface area contributed by atoms with Gasteiger partial charge in [0, 0.05) is 7.05 Å². The predicted molar refractivity (Wildman–Crippen MR) is 66.4 cm³/mol. The first kappa shape index (κ1) is 12.1. The molecule has 94 valence electrons. The van der Waals surface area contributed by atoms with E-state index in [0.29, 0.717) is 23.6 Å². The van der Waals surface area contributed by atoms with Crippen molar-refractivity contribution in [3.63, 3.8) is 0 Å². The molecule has 0 aliphatic carbocycles. The van der Waals surface area contributed by atoms with E-state index >= 15 is 0 Å².